The number of amides is 2. The molecule has 1 aliphatic carbocycles. The van der Waals surface area contributed by atoms with Gasteiger partial charge in [0.15, 0.2) is 0 Å². The molecule has 1 saturated carbocycles. The number of carbonyl (C=O) groups is 2. The Balaban J connectivity index is 1.60. The fourth-order valence-electron chi connectivity index (χ4n) is 4.82. The first-order valence-electron chi connectivity index (χ1n) is 12.5. The summed E-state index contributed by atoms with van der Waals surface area (Å²) < 4.78 is 0.994. The molecule has 5 nitrogen and oxygen atoms in total. The van der Waals surface area contributed by atoms with Crippen LogP contribution in [-0.2, 0) is 9.59 Å². The molecule has 2 unspecified atom stereocenters. The zero-order valence-corrected chi connectivity index (χ0v) is 22.4. The van der Waals surface area contributed by atoms with Gasteiger partial charge in [-0.25, -0.2) is 0 Å². The second kappa shape index (κ2) is 13.5. The van der Waals surface area contributed by atoms with Gasteiger partial charge in [0.1, 0.15) is 6.54 Å². The molecule has 2 aliphatic rings. The highest BCUT2D eigenvalue weighted by molar-refractivity contribution is 9.10. The molecule has 1 aliphatic heterocycles. The van der Waals surface area contributed by atoms with Crippen LogP contribution in [0.4, 0.5) is 0 Å². The second-order valence-electron chi connectivity index (χ2n) is 9.05. The van der Waals surface area contributed by atoms with Crippen LogP contribution in [0.3, 0.4) is 0 Å². The average Bonchev–Trinajstić information content (AvgIpc) is 2.80. The van der Waals surface area contributed by atoms with E-state index >= 15 is 0 Å². The maximum Gasteiger partial charge on any atom is 0.261 e. The van der Waals surface area contributed by atoms with E-state index in [4.69, 9.17) is 0 Å². The number of halogens is 1. The maximum absolute atomic E-state index is 13.4. The lowest BCUT2D eigenvalue weighted by molar-refractivity contribution is -0.135. The highest BCUT2D eigenvalue weighted by Gasteiger charge is 2.41. The van der Waals surface area contributed by atoms with Crippen LogP contribution in [0.2, 0.25) is 0 Å². The van der Waals surface area contributed by atoms with Gasteiger partial charge in [-0.2, -0.15) is 0 Å². The lowest BCUT2D eigenvalue weighted by Gasteiger charge is -2.43. The molecular formula is C26H38BrN3O2S. The minimum absolute atomic E-state index is 0.00431. The summed E-state index contributed by atoms with van der Waals surface area (Å²) >= 11 is 5.22. The van der Waals surface area contributed by atoms with Crippen molar-refractivity contribution < 1.29 is 9.59 Å². The summed E-state index contributed by atoms with van der Waals surface area (Å²) in [5.41, 5.74) is 1.00. The van der Waals surface area contributed by atoms with E-state index in [0.29, 0.717) is 11.8 Å². The Morgan fingerprint density at radius 2 is 1.97 bits per heavy atom. The molecule has 7 heteroatoms. The molecule has 2 fully saturated rings. The van der Waals surface area contributed by atoms with Crippen LogP contribution in [-0.4, -0.2) is 65.6 Å². The van der Waals surface area contributed by atoms with E-state index in [-0.39, 0.29) is 24.4 Å². The zero-order valence-electron chi connectivity index (χ0n) is 20.0. The van der Waals surface area contributed by atoms with Crippen molar-refractivity contribution in [2.45, 2.75) is 70.1 Å². The van der Waals surface area contributed by atoms with Gasteiger partial charge in [-0.15, -0.1) is 11.8 Å². The molecule has 3 rings (SSSR count). The molecular weight excluding hydrogens is 498 g/mol. The summed E-state index contributed by atoms with van der Waals surface area (Å²) in [6.07, 6.45) is 9.63. The molecule has 182 valence electrons. The topological polar surface area (TPSA) is 52.7 Å². The summed E-state index contributed by atoms with van der Waals surface area (Å²) in [5, 5.41) is 3.44. The Morgan fingerprint density at radius 1 is 1.21 bits per heavy atom. The van der Waals surface area contributed by atoms with Crippen LogP contribution >= 0.6 is 27.7 Å². The van der Waals surface area contributed by atoms with Gasteiger partial charge < -0.3 is 15.1 Å². The van der Waals surface area contributed by atoms with E-state index in [1.165, 1.54) is 6.42 Å². The Hall–Kier alpha value is -1.31. The Bertz CT molecular complexity index is 826. The highest BCUT2D eigenvalue weighted by Crippen LogP contribution is 2.42. The molecule has 33 heavy (non-hydrogen) atoms. The lowest BCUT2D eigenvalue weighted by Crippen LogP contribution is -2.54. The molecule has 1 N–H and O–H groups in total. The molecule has 1 aromatic carbocycles. The van der Waals surface area contributed by atoms with Crippen LogP contribution in [0.1, 0.15) is 64.4 Å². The number of thioether (sulfide) groups is 1. The first-order valence-corrected chi connectivity index (χ1v) is 14.1. The fraction of sp³-hybridized carbons (Fsp3) is 0.615. The summed E-state index contributed by atoms with van der Waals surface area (Å²) in [4.78, 5) is 31.3. The molecule has 2 atom stereocenters. The van der Waals surface area contributed by atoms with Crippen molar-refractivity contribution in [1.82, 2.24) is 15.1 Å². The average molecular weight is 537 g/mol. The van der Waals surface area contributed by atoms with Gasteiger partial charge in [0.25, 0.3) is 5.91 Å². The Morgan fingerprint density at radius 3 is 2.70 bits per heavy atom. The summed E-state index contributed by atoms with van der Waals surface area (Å²) in [5.74, 6) is -0.0470. The normalized spacial score (nSPS) is 22.0. The molecule has 0 spiro atoms. The minimum atomic E-state index is -0.0427. The number of fused-ring (bicyclic) bond motifs is 1. The molecule has 1 aromatic rings. The maximum atomic E-state index is 13.4. The van der Waals surface area contributed by atoms with E-state index in [1.54, 1.807) is 11.8 Å². The van der Waals surface area contributed by atoms with Crippen molar-refractivity contribution in [2.24, 2.45) is 0 Å². The van der Waals surface area contributed by atoms with Gasteiger partial charge in [-0.3, -0.25) is 9.59 Å². The van der Waals surface area contributed by atoms with Gasteiger partial charge in [0, 0.05) is 22.3 Å². The van der Waals surface area contributed by atoms with Crippen molar-refractivity contribution in [3.05, 3.63) is 39.2 Å². The minimum Gasteiger partial charge on any atom is -0.355 e. The Labute approximate surface area is 211 Å². The second-order valence-corrected chi connectivity index (χ2v) is 11.2. The van der Waals surface area contributed by atoms with Crippen molar-refractivity contribution in [2.75, 3.05) is 32.7 Å². The van der Waals surface area contributed by atoms with Crippen LogP contribution in [0.25, 0.3) is 6.08 Å². The van der Waals surface area contributed by atoms with Gasteiger partial charge in [-0.1, -0.05) is 54.8 Å². The predicted molar refractivity (Wildman–Crippen MR) is 142 cm³/mol. The fourth-order valence-corrected chi connectivity index (χ4v) is 6.71. The third-order valence-corrected chi connectivity index (χ3v) is 8.22. The van der Waals surface area contributed by atoms with Crippen molar-refractivity contribution in [3.63, 3.8) is 0 Å². The van der Waals surface area contributed by atoms with Crippen LogP contribution in [0, 0.1) is 0 Å². The molecule has 0 bridgehead atoms. The zero-order chi connectivity index (χ0) is 23.6. The lowest BCUT2D eigenvalue weighted by atomic mass is 9.93. The number of nitrogens with one attached hydrogen (secondary N) is 1. The number of hydrogen-bond donors (Lipinski definition) is 1. The van der Waals surface area contributed by atoms with E-state index in [0.717, 1.165) is 73.1 Å². The molecule has 1 saturated heterocycles. The monoisotopic (exact) mass is 535 g/mol. The standard InChI is InChI=1S/C26H38BrN3O2S/c1-3-14-29(15-4-2)16-8-13-28-25(31)19-30-22-11-5-6-12-23(22)33-24(26(30)32)18-20-9-7-10-21(27)17-20/h7,9-10,17-18,22-23H,3-6,8,11-16,19H2,1-2H3,(H,28,31)/b24-18+. The SMILES string of the molecule is CCCN(CCC)CCCNC(=O)CN1C(=O)/C(=C\c2cccc(Br)c2)SC2CCCCC21. The number of rotatable bonds is 11. The van der Waals surface area contributed by atoms with E-state index in [1.807, 2.05) is 35.2 Å². The van der Waals surface area contributed by atoms with Crippen molar-refractivity contribution in [1.29, 1.82) is 0 Å². The van der Waals surface area contributed by atoms with Crippen molar-refractivity contribution in [3.8, 4) is 0 Å². The molecule has 0 aromatic heterocycles. The third kappa shape index (κ3) is 7.86. The first kappa shape index (κ1) is 26.3. The number of hydrogen-bond acceptors (Lipinski definition) is 4. The number of nitrogens with zero attached hydrogens (tertiary/aromatic N) is 2. The molecule has 0 radical (unpaired) electrons. The predicted octanol–water partition coefficient (Wildman–Crippen LogP) is 5.30. The Kier molecular flexibility index (Phi) is 10.8. The van der Waals surface area contributed by atoms with Crippen molar-refractivity contribution >= 4 is 45.6 Å². The number of benzene rings is 1. The van der Waals surface area contributed by atoms with Crippen LogP contribution < -0.4 is 5.32 Å². The van der Waals surface area contributed by atoms with Crippen LogP contribution in [0.5, 0.6) is 0 Å². The number of carbonyl (C=O) groups excluding carboxylic acids is 2. The smallest absolute Gasteiger partial charge is 0.261 e. The summed E-state index contributed by atoms with van der Waals surface area (Å²) in [7, 11) is 0. The molecule has 2 amide bonds. The third-order valence-electron chi connectivity index (χ3n) is 6.33. The van der Waals surface area contributed by atoms with Gasteiger partial charge >= 0.3 is 0 Å². The van der Waals surface area contributed by atoms with Crippen LogP contribution in [0.15, 0.2) is 33.6 Å². The van der Waals surface area contributed by atoms with Gasteiger partial charge in [0.2, 0.25) is 5.91 Å². The van der Waals surface area contributed by atoms with E-state index in [9.17, 15) is 9.59 Å². The highest BCUT2D eigenvalue weighted by atomic mass is 79.9. The first-order chi connectivity index (χ1) is 16.0. The quantitative estimate of drug-likeness (QED) is 0.308. The van der Waals surface area contributed by atoms with E-state index in [2.05, 4.69) is 40.0 Å². The van der Waals surface area contributed by atoms with Gasteiger partial charge in [0.05, 0.1) is 4.91 Å². The van der Waals surface area contributed by atoms with Gasteiger partial charge in [-0.05, 0) is 75.5 Å². The van der Waals surface area contributed by atoms with E-state index < -0.39 is 0 Å². The molecule has 1 heterocycles. The summed E-state index contributed by atoms with van der Waals surface area (Å²) in [6, 6.07) is 8.15. The summed E-state index contributed by atoms with van der Waals surface area (Å²) in [6.45, 7) is 8.45. The largest absolute Gasteiger partial charge is 0.355 e.